The van der Waals surface area contributed by atoms with Crippen LogP contribution in [0.1, 0.15) is 31.2 Å². The Bertz CT molecular complexity index is 432. The first-order chi connectivity index (χ1) is 9.11. The molecule has 0 spiro atoms. The summed E-state index contributed by atoms with van der Waals surface area (Å²) < 4.78 is 19.0. The fraction of sp³-hybridized carbons (Fsp3) is 0.600. The minimum atomic E-state index is -0.367. The van der Waals surface area contributed by atoms with Crippen LogP contribution in [-0.2, 0) is 11.2 Å². The van der Waals surface area contributed by atoms with E-state index >= 15 is 0 Å². The SMILES string of the molecule is CNC(Cc1ccc(F)c(Cl)c1)C1(OC)CCCC1. The van der Waals surface area contributed by atoms with Gasteiger partial charge in [0.15, 0.2) is 0 Å². The molecule has 106 valence electrons. The van der Waals surface area contributed by atoms with Crippen LogP contribution in [0.5, 0.6) is 0 Å². The Hall–Kier alpha value is -0.640. The summed E-state index contributed by atoms with van der Waals surface area (Å²) in [6.07, 6.45) is 5.35. The first kappa shape index (κ1) is 14.8. The van der Waals surface area contributed by atoms with Crippen LogP contribution in [-0.4, -0.2) is 25.8 Å². The lowest BCUT2D eigenvalue weighted by atomic mass is 9.87. The minimum absolute atomic E-state index is 0.102. The molecule has 0 heterocycles. The molecule has 0 aromatic heterocycles. The van der Waals surface area contributed by atoms with Crippen LogP contribution in [0.3, 0.4) is 0 Å². The Morgan fingerprint density at radius 2 is 2.11 bits per heavy atom. The average Bonchev–Trinajstić information content (AvgIpc) is 2.90. The third-order valence-electron chi connectivity index (χ3n) is 4.26. The largest absolute Gasteiger partial charge is 0.377 e. The summed E-state index contributed by atoms with van der Waals surface area (Å²) in [5.41, 5.74) is 0.935. The number of halogens is 2. The lowest BCUT2D eigenvalue weighted by molar-refractivity contribution is -0.0336. The number of methoxy groups -OCH3 is 1. The van der Waals surface area contributed by atoms with Crippen molar-refractivity contribution >= 4 is 11.6 Å². The van der Waals surface area contributed by atoms with Crippen LogP contribution in [0.15, 0.2) is 18.2 Å². The number of rotatable bonds is 5. The summed E-state index contributed by atoms with van der Waals surface area (Å²) in [5, 5.41) is 3.54. The standard InChI is InChI=1S/C15H21ClFNO/c1-18-14(15(19-2)7-3-4-8-15)10-11-5-6-13(17)12(16)9-11/h5-6,9,14,18H,3-4,7-8,10H2,1-2H3. The van der Waals surface area contributed by atoms with E-state index in [1.807, 2.05) is 7.05 Å². The molecule has 1 fully saturated rings. The van der Waals surface area contributed by atoms with Crippen molar-refractivity contribution in [2.75, 3.05) is 14.2 Å². The number of likely N-dealkylation sites (N-methyl/N-ethyl adjacent to an activating group) is 1. The van der Waals surface area contributed by atoms with Crippen molar-refractivity contribution in [3.8, 4) is 0 Å². The molecule has 1 aliphatic rings. The highest BCUT2D eigenvalue weighted by molar-refractivity contribution is 6.30. The number of ether oxygens (including phenoxy) is 1. The van der Waals surface area contributed by atoms with Gasteiger partial charge in [0, 0.05) is 13.2 Å². The topological polar surface area (TPSA) is 21.3 Å². The number of benzene rings is 1. The van der Waals surface area contributed by atoms with Gasteiger partial charge in [0.25, 0.3) is 0 Å². The molecule has 1 aromatic carbocycles. The van der Waals surface area contributed by atoms with Crippen LogP contribution in [0.2, 0.25) is 5.02 Å². The summed E-state index contributed by atoms with van der Waals surface area (Å²) in [5.74, 6) is -0.367. The van der Waals surface area contributed by atoms with Gasteiger partial charge in [0.2, 0.25) is 0 Å². The highest BCUT2D eigenvalue weighted by Crippen LogP contribution is 2.36. The highest BCUT2D eigenvalue weighted by Gasteiger charge is 2.40. The predicted octanol–water partition coefficient (Wildman–Crippen LogP) is 3.57. The van der Waals surface area contributed by atoms with Gasteiger partial charge in [-0.25, -0.2) is 4.39 Å². The second kappa shape index (κ2) is 6.21. The van der Waals surface area contributed by atoms with Crippen molar-refractivity contribution in [3.05, 3.63) is 34.6 Å². The zero-order chi connectivity index (χ0) is 13.9. The molecule has 0 bridgehead atoms. The van der Waals surface area contributed by atoms with Gasteiger partial charge in [0.1, 0.15) is 5.82 Å². The molecule has 0 amide bonds. The average molecular weight is 286 g/mol. The first-order valence-electron chi connectivity index (χ1n) is 6.77. The van der Waals surface area contributed by atoms with Crippen molar-refractivity contribution < 1.29 is 9.13 Å². The van der Waals surface area contributed by atoms with Crippen molar-refractivity contribution in [1.29, 1.82) is 0 Å². The molecular formula is C15H21ClFNO. The number of hydrogen-bond donors (Lipinski definition) is 1. The summed E-state index contributed by atoms with van der Waals surface area (Å²) in [7, 11) is 3.74. The summed E-state index contributed by atoms with van der Waals surface area (Å²) in [6, 6.07) is 5.16. The van der Waals surface area contributed by atoms with E-state index in [9.17, 15) is 4.39 Å². The number of nitrogens with one attached hydrogen (secondary N) is 1. The van der Waals surface area contributed by atoms with Gasteiger partial charge >= 0.3 is 0 Å². The van der Waals surface area contributed by atoms with Gasteiger partial charge in [-0.3, -0.25) is 0 Å². The molecule has 1 aromatic rings. The second-order valence-electron chi connectivity index (χ2n) is 5.27. The minimum Gasteiger partial charge on any atom is -0.377 e. The van der Waals surface area contributed by atoms with Crippen molar-refractivity contribution in [2.45, 2.75) is 43.7 Å². The highest BCUT2D eigenvalue weighted by atomic mass is 35.5. The van der Waals surface area contributed by atoms with Crippen LogP contribution >= 0.6 is 11.6 Å². The van der Waals surface area contributed by atoms with E-state index in [0.717, 1.165) is 24.8 Å². The van der Waals surface area contributed by atoms with E-state index in [0.29, 0.717) is 0 Å². The Morgan fingerprint density at radius 3 is 2.63 bits per heavy atom. The lowest BCUT2D eigenvalue weighted by Crippen LogP contribution is -2.50. The molecule has 0 aliphatic heterocycles. The lowest BCUT2D eigenvalue weighted by Gasteiger charge is -2.36. The van der Waals surface area contributed by atoms with Gasteiger partial charge in [-0.1, -0.05) is 30.5 Å². The van der Waals surface area contributed by atoms with Gasteiger partial charge in [-0.05, 0) is 44.0 Å². The Labute approximate surface area is 119 Å². The third-order valence-corrected chi connectivity index (χ3v) is 4.55. The fourth-order valence-corrected chi connectivity index (χ4v) is 3.32. The third kappa shape index (κ3) is 3.10. The summed E-state index contributed by atoms with van der Waals surface area (Å²) in [6.45, 7) is 0. The molecule has 4 heteroatoms. The predicted molar refractivity (Wildman–Crippen MR) is 76.2 cm³/mol. The molecule has 19 heavy (non-hydrogen) atoms. The van der Waals surface area contributed by atoms with Crippen LogP contribution in [0, 0.1) is 5.82 Å². The maximum Gasteiger partial charge on any atom is 0.141 e. The molecule has 1 atom stereocenters. The van der Waals surface area contributed by atoms with Gasteiger partial charge in [-0.2, -0.15) is 0 Å². The molecule has 0 saturated heterocycles. The molecule has 1 saturated carbocycles. The Morgan fingerprint density at radius 1 is 1.42 bits per heavy atom. The van der Waals surface area contributed by atoms with E-state index in [2.05, 4.69) is 5.32 Å². The molecule has 1 aliphatic carbocycles. The normalized spacial score (nSPS) is 19.6. The first-order valence-corrected chi connectivity index (χ1v) is 7.15. The second-order valence-corrected chi connectivity index (χ2v) is 5.68. The summed E-state index contributed by atoms with van der Waals surface area (Å²) >= 11 is 5.84. The zero-order valence-electron chi connectivity index (χ0n) is 11.5. The van der Waals surface area contributed by atoms with Crippen molar-refractivity contribution in [2.24, 2.45) is 0 Å². The molecular weight excluding hydrogens is 265 g/mol. The maximum absolute atomic E-state index is 13.2. The Balaban J connectivity index is 2.16. The van der Waals surface area contributed by atoms with Crippen molar-refractivity contribution in [1.82, 2.24) is 5.32 Å². The molecule has 2 rings (SSSR count). The van der Waals surface area contributed by atoms with E-state index in [4.69, 9.17) is 16.3 Å². The van der Waals surface area contributed by atoms with Crippen LogP contribution in [0.4, 0.5) is 4.39 Å². The van der Waals surface area contributed by atoms with E-state index in [-0.39, 0.29) is 22.5 Å². The fourth-order valence-electron chi connectivity index (χ4n) is 3.12. The van der Waals surface area contributed by atoms with E-state index in [1.54, 1.807) is 19.2 Å². The van der Waals surface area contributed by atoms with Gasteiger partial charge in [0.05, 0.1) is 10.6 Å². The zero-order valence-corrected chi connectivity index (χ0v) is 12.3. The van der Waals surface area contributed by atoms with Crippen molar-refractivity contribution in [3.63, 3.8) is 0 Å². The monoisotopic (exact) mass is 285 g/mol. The smallest absolute Gasteiger partial charge is 0.141 e. The van der Waals surface area contributed by atoms with Crippen LogP contribution < -0.4 is 5.32 Å². The van der Waals surface area contributed by atoms with E-state index < -0.39 is 0 Å². The quantitative estimate of drug-likeness (QED) is 0.893. The summed E-state index contributed by atoms with van der Waals surface area (Å²) in [4.78, 5) is 0. The molecule has 1 N–H and O–H groups in total. The maximum atomic E-state index is 13.2. The Kier molecular flexibility index (Phi) is 4.82. The van der Waals surface area contributed by atoms with Gasteiger partial charge < -0.3 is 10.1 Å². The molecule has 1 unspecified atom stereocenters. The van der Waals surface area contributed by atoms with Gasteiger partial charge in [-0.15, -0.1) is 0 Å². The number of hydrogen-bond acceptors (Lipinski definition) is 2. The van der Waals surface area contributed by atoms with E-state index in [1.165, 1.54) is 18.9 Å². The van der Waals surface area contributed by atoms with Crippen LogP contribution in [0.25, 0.3) is 0 Å². The molecule has 0 radical (unpaired) electrons. The molecule has 2 nitrogen and oxygen atoms in total.